The molecule has 0 bridgehead atoms. The maximum absolute atomic E-state index is 12.8. The van der Waals surface area contributed by atoms with Crippen LogP contribution in [0.2, 0.25) is 0 Å². The molecule has 1 unspecified atom stereocenters. The van der Waals surface area contributed by atoms with Gasteiger partial charge in [-0.2, -0.15) is 0 Å². The molecule has 2 atom stereocenters. The molecular formula is C19H27N3O2. The van der Waals surface area contributed by atoms with Crippen molar-refractivity contribution in [3.63, 3.8) is 0 Å². The first-order valence-electron chi connectivity index (χ1n) is 8.95. The van der Waals surface area contributed by atoms with E-state index < -0.39 is 0 Å². The fraction of sp³-hybridized carbons (Fsp3) is 0.579. The Balaban J connectivity index is 1.64. The second-order valence-electron chi connectivity index (χ2n) is 7.14. The molecule has 5 heteroatoms. The van der Waals surface area contributed by atoms with Gasteiger partial charge in [-0.05, 0) is 44.7 Å². The van der Waals surface area contributed by atoms with Crippen molar-refractivity contribution in [3.8, 4) is 0 Å². The molecule has 0 spiro atoms. The molecular weight excluding hydrogens is 302 g/mol. The number of amides is 2. The second kappa shape index (κ2) is 7.34. The number of carbonyl (C=O) groups excluding carboxylic acids is 2. The van der Waals surface area contributed by atoms with E-state index >= 15 is 0 Å². The monoisotopic (exact) mass is 329 g/mol. The van der Waals surface area contributed by atoms with Crippen molar-refractivity contribution in [2.45, 2.75) is 38.6 Å². The number of piperidine rings is 2. The topological polar surface area (TPSA) is 66.6 Å². The molecule has 2 N–H and O–H groups in total. The Labute approximate surface area is 143 Å². The molecule has 2 heterocycles. The molecule has 5 nitrogen and oxygen atoms in total. The van der Waals surface area contributed by atoms with Crippen molar-refractivity contribution < 1.29 is 9.59 Å². The molecule has 2 aliphatic heterocycles. The summed E-state index contributed by atoms with van der Waals surface area (Å²) in [5.41, 5.74) is 7.84. The molecule has 3 rings (SSSR count). The van der Waals surface area contributed by atoms with Crippen molar-refractivity contribution in [2.75, 3.05) is 26.2 Å². The molecule has 0 aromatic heterocycles. The van der Waals surface area contributed by atoms with E-state index in [1.165, 1.54) is 0 Å². The average molecular weight is 329 g/mol. The summed E-state index contributed by atoms with van der Waals surface area (Å²) in [4.78, 5) is 29.2. The average Bonchev–Trinajstić information content (AvgIpc) is 2.61. The zero-order valence-electron chi connectivity index (χ0n) is 14.4. The van der Waals surface area contributed by atoms with E-state index in [0.717, 1.165) is 44.3 Å². The molecule has 2 amide bonds. The van der Waals surface area contributed by atoms with Crippen molar-refractivity contribution in [3.05, 3.63) is 35.4 Å². The number of nitrogens with two attached hydrogens (primary N) is 1. The van der Waals surface area contributed by atoms with Crippen molar-refractivity contribution >= 4 is 11.8 Å². The van der Waals surface area contributed by atoms with Crippen LogP contribution in [0.5, 0.6) is 0 Å². The van der Waals surface area contributed by atoms with Crippen molar-refractivity contribution in [2.24, 2.45) is 11.7 Å². The first kappa shape index (κ1) is 17.0. The fourth-order valence-corrected chi connectivity index (χ4v) is 3.71. The molecule has 0 saturated carbocycles. The summed E-state index contributed by atoms with van der Waals surface area (Å²) in [6.07, 6.45) is 3.72. The number of nitrogens with zero attached hydrogens (tertiary/aromatic N) is 2. The zero-order valence-corrected chi connectivity index (χ0v) is 14.4. The fourth-order valence-electron chi connectivity index (χ4n) is 3.71. The number of benzene rings is 1. The zero-order chi connectivity index (χ0) is 17.1. The summed E-state index contributed by atoms with van der Waals surface area (Å²) in [6, 6.07) is 7.74. The minimum Gasteiger partial charge on any atom is -0.341 e. The minimum absolute atomic E-state index is 0.0304. The van der Waals surface area contributed by atoms with E-state index in [-0.39, 0.29) is 23.8 Å². The van der Waals surface area contributed by atoms with E-state index in [2.05, 4.69) is 0 Å². The van der Waals surface area contributed by atoms with Gasteiger partial charge in [0.2, 0.25) is 5.91 Å². The third kappa shape index (κ3) is 3.78. The summed E-state index contributed by atoms with van der Waals surface area (Å²) in [5.74, 6) is 0.118. The molecule has 0 aliphatic carbocycles. The Morgan fingerprint density at radius 1 is 1.00 bits per heavy atom. The molecule has 2 saturated heterocycles. The van der Waals surface area contributed by atoms with Crippen LogP contribution in [-0.4, -0.2) is 53.8 Å². The predicted octanol–water partition coefficient (Wildman–Crippen LogP) is 1.80. The lowest BCUT2D eigenvalue weighted by atomic mass is 9.94. The van der Waals surface area contributed by atoms with Crippen LogP contribution in [-0.2, 0) is 4.79 Å². The summed E-state index contributed by atoms with van der Waals surface area (Å²) < 4.78 is 0. The lowest BCUT2D eigenvalue weighted by Gasteiger charge is -2.37. The van der Waals surface area contributed by atoms with Crippen LogP contribution >= 0.6 is 0 Å². The third-order valence-corrected chi connectivity index (χ3v) is 5.13. The van der Waals surface area contributed by atoms with Gasteiger partial charge in [0.05, 0.1) is 5.92 Å². The Bertz CT molecular complexity index is 599. The highest BCUT2D eigenvalue weighted by Crippen LogP contribution is 2.22. The first-order valence-corrected chi connectivity index (χ1v) is 8.95. The summed E-state index contributed by atoms with van der Waals surface area (Å²) in [6.45, 7) is 4.72. The van der Waals surface area contributed by atoms with Gasteiger partial charge < -0.3 is 15.5 Å². The van der Waals surface area contributed by atoms with Crippen LogP contribution in [0.25, 0.3) is 0 Å². The van der Waals surface area contributed by atoms with Crippen LogP contribution in [0.1, 0.15) is 41.6 Å². The van der Waals surface area contributed by atoms with E-state index in [1.807, 2.05) is 41.0 Å². The van der Waals surface area contributed by atoms with Crippen LogP contribution in [0.15, 0.2) is 24.3 Å². The van der Waals surface area contributed by atoms with Crippen LogP contribution in [0, 0.1) is 12.8 Å². The van der Waals surface area contributed by atoms with Crippen LogP contribution in [0.3, 0.4) is 0 Å². The van der Waals surface area contributed by atoms with Gasteiger partial charge in [0.15, 0.2) is 0 Å². The molecule has 1 aromatic rings. The maximum Gasteiger partial charge on any atom is 0.253 e. The van der Waals surface area contributed by atoms with Crippen molar-refractivity contribution in [1.29, 1.82) is 0 Å². The first-order chi connectivity index (χ1) is 11.5. The standard InChI is InChI=1S/C19H27N3O2/c1-14-6-8-15(9-7-14)18(23)21-10-2-4-16(12-21)19(24)22-11-3-5-17(20)13-22/h6-9,16-17H,2-5,10-13,20H2,1H3/t16?,17-/m1/s1. The van der Waals surface area contributed by atoms with Gasteiger partial charge in [0, 0.05) is 37.8 Å². The Morgan fingerprint density at radius 2 is 1.67 bits per heavy atom. The number of rotatable bonds is 2. The van der Waals surface area contributed by atoms with Gasteiger partial charge in [-0.15, -0.1) is 0 Å². The highest BCUT2D eigenvalue weighted by atomic mass is 16.2. The van der Waals surface area contributed by atoms with Gasteiger partial charge in [0.25, 0.3) is 5.91 Å². The molecule has 1 aromatic carbocycles. The minimum atomic E-state index is -0.0848. The molecule has 24 heavy (non-hydrogen) atoms. The van der Waals surface area contributed by atoms with Crippen LogP contribution < -0.4 is 5.73 Å². The number of aryl methyl sites for hydroxylation is 1. The Hall–Kier alpha value is -1.88. The second-order valence-corrected chi connectivity index (χ2v) is 7.14. The normalized spacial score (nSPS) is 24.8. The van der Waals surface area contributed by atoms with E-state index in [1.54, 1.807) is 0 Å². The van der Waals surface area contributed by atoms with E-state index in [0.29, 0.717) is 18.7 Å². The number of hydrogen-bond donors (Lipinski definition) is 1. The molecule has 0 radical (unpaired) electrons. The maximum atomic E-state index is 12.8. The van der Waals surface area contributed by atoms with Gasteiger partial charge in [-0.1, -0.05) is 17.7 Å². The summed E-state index contributed by atoms with van der Waals surface area (Å²) in [7, 11) is 0. The molecule has 130 valence electrons. The number of likely N-dealkylation sites (tertiary alicyclic amines) is 2. The quantitative estimate of drug-likeness (QED) is 0.900. The van der Waals surface area contributed by atoms with E-state index in [4.69, 9.17) is 5.73 Å². The lowest BCUT2D eigenvalue weighted by molar-refractivity contribution is -0.138. The predicted molar refractivity (Wildman–Crippen MR) is 93.6 cm³/mol. The number of hydrogen-bond acceptors (Lipinski definition) is 3. The lowest BCUT2D eigenvalue weighted by Crippen LogP contribution is -2.51. The van der Waals surface area contributed by atoms with Gasteiger partial charge in [-0.25, -0.2) is 0 Å². The third-order valence-electron chi connectivity index (χ3n) is 5.13. The van der Waals surface area contributed by atoms with Gasteiger partial charge >= 0.3 is 0 Å². The van der Waals surface area contributed by atoms with E-state index in [9.17, 15) is 9.59 Å². The Kier molecular flexibility index (Phi) is 5.19. The number of carbonyl (C=O) groups is 2. The summed E-state index contributed by atoms with van der Waals surface area (Å²) >= 11 is 0. The van der Waals surface area contributed by atoms with Gasteiger partial charge in [0.1, 0.15) is 0 Å². The molecule has 2 aliphatic rings. The molecule has 2 fully saturated rings. The van der Waals surface area contributed by atoms with Crippen LogP contribution in [0.4, 0.5) is 0 Å². The van der Waals surface area contributed by atoms with Gasteiger partial charge in [-0.3, -0.25) is 9.59 Å². The highest BCUT2D eigenvalue weighted by molar-refractivity contribution is 5.94. The summed E-state index contributed by atoms with van der Waals surface area (Å²) in [5, 5.41) is 0. The largest absolute Gasteiger partial charge is 0.341 e. The smallest absolute Gasteiger partial charge is 0.253 e. The highest BCUT2D eigenvalue weighted by Gasteiger charge is 2.32. The Morgan fingerprint density at radius 3 is 2.38 bits per heavy atom. The SMILES string of the molecule is Cc1ccc(C(=O)N2CCCC(C(=O)N3CCC[C@@H](N)C3)C2)cc1. The van der Waals surface area contributed by atoms with Crippen molar-refractivity contribution in [1.82, 2.24) is 9.80 Å².